The van der Waals surface area contributed by atoms with Gasteiger partial charge in [0.15, 0.2) is 9.84 Å². The molecular formula is C11H21N3O4S. The van der Waals surface area contributed by atoms with Gasteiger partial charge < -0.3 is 16.0 Å². The molecule has 1 rings (SSSR count). The van der Waals surface area contributed by atoms with Gasteiger partial charge in [0.25, 0.3) is 0 Å². The molecular weight excluding hydrogens is 270 g/mol. The topological polar surface area (TPSA) is 104 Å². The maximum absolute atomic E-state index is 11.6. The highest BCUT2D eigenvalue weighted by atomic mass is 32.2. The second kappa shape index (κ2) is 6.85. The zero-order chi connectivity index (χ0) is 14.5. The molecule has 2 amide bonds. The van der Waals surface area contributed by atoms with Gasteiger partial charge in [-0.3, -0.25) is 9.59 Å². The lowest BCUT2D eigenvalue weighted by atomic mass is 10.2. The standard InChI is InChI=1S/C11H21N3O4S/c1-8(2)14-11(16)6-13-10(15)5-9-7-19(17,18)4-3-12-9/h8-9,12H,3-7H2,1-2H3,(H,13,15)(H,14,16). The number of hydrogen-bond acceptors (Lipinski definition) is 5. The van der Waals surface area contributed by atoms with Gasteiger partial charge in [0.1, 0.15) is 0 Å². The smallest absolute Gasteiger partial charge is 0.239 e. The lowest BCUT2D eigenvalue weighted by Gasteiger charge is -2.23. The fourth-order valence-electron chi connectivity index (χ4n) is 1.85. The van der Waals surface area contributed by atoms with Crippen molar-refractivity contribution in [1.29, 1.82) is 0 Å². The Labute approximate surface area is 113 Å². The Bertz CT molecular complexity index is 433. The number of carbonyl (C=O) groups is 2. The molecule has 1 aliphatic rings. The van der Waals surface area contributed by atoms with E-state index in [1.807, 2.05) is 13.8 Å². The Morgan fingerprint density at radius 2 is 2.00 bits per heavy atom. The number of carbonyl (C=O) groups excluding carboxylic acids is 2. The van der Waals surface area contributed by atoms with Gasteiger partial charge in [0, 0.05) is 25.0 Å². The van der Waals surface area contributed by atoms with Crippen LogP contribution in [0.1, 0.15) is 20.3 Å². The summed E-state index contributed by atoms with van der Waals surface area (Å²) in [7, 11) is -3.05. The highest BCUT2D eigenvalue weighted by Gasteiger charge is 2.25. The third kappa shape index (κ3) is 6.53. The lowest BCUT2D eigenvalue weighted by molar-refractivity contribution is -0.126. The van der Waals surface area contributed by atoms with E-state index in [1.165, 1.54) is 0 Å². The molecule has 1 atom stereocenters. The molecule has 0 bridgehead atoms. The SMILES string of the molecule is CC(C)NC(=O)CNC(=O)CC1CS(=O)(=O)CCN1. The quantitative estimate of drug-likeness (QED) is 0.566. The van der Waals surface area contributed by atoms with Gasteiger partial charge in [-0.25, -0.2) is 8.42 Å². The first-order valence-corrected chi connectivity index (χ1v) is 8.10. The monoisotopic (exact) mass is 291 g/mol. The van der Waals surface area contributed by atoms with E-state index < -0.39 is 9.84 Å². The van der Waals surface area contributed by atoms with Crippen LogP contribution < -0.4 is 16.0 Å². The van der Waals surface area contributed by atoms with Crippen molar-refractivity contribution in [3.63, 3.8) is 0 Å². The molecule has 1 heterocycles. The first-order valence-electron chi connectivity index (χ1n) is 6.28. The summed E-state index contributed by atoms with van der Waals surface area (Å²) in [5.74, 6) is -0.498. The molecule has 19 heavy (non-hydrogen) atoms. The Morgan fingerprint density at radius 1 is 1.32 bits per heavy atom. The average molecular weight is 291 g/mol. The van der Waals surface area contributed by atoms with E-state index in [4.69, 9.17) is 0 Å². The molecule has 7 nitrogen and oxygen atoms in total. The van der Waals surface area contributed by atoms with Gasteiger partial charge in [-0.05, 0) is 13.8 Å². The van der Waals surface area contributed by atoms with E-state index in [1.54, 1.807) is 0 Å². The summed E-state index contributed by atoms with van der Waals surface area (Å²) in [5, 5.41) is 8.11. The fourth-order valence-corrected chi connectivity index (χ4v) is 3.29. The van der Waals surface area contributed by atoms with Gasteiger partial charge in [0.2, 0.25) is 11.8 Å². The Morgan fingerprint density at radius 3 is 2.58 bits per heavy atom. The number of hydrogen-bond donors (Lipinski definition) is 3. The predicted molar refractivity (Wildman–Crippen MR) is 71.3 cm³/mol. The number of rotatable bonds is 5. The minimum absolute atomic E-state index is 0.0227. The van der Waals surface area contributed by atoms with Crippen LogP contribution in [0.5, 0.6) is 0 Å². The normalized spacial score (nSPS) is 21.9. The minimum Gasteiger partial charge on any atom is -0.352 e. The van der Waals surface area contributed by atoms with Crippen LogP contribution in [-0.4, -0.2) is 56.9 Å². The third-order valence-electron chi connectivity index (χ3n) is 2.63. The van der Waals surface area contributed by atoms with E-state index in [-0.39, 0.29) is 48.4 Å². The van der Waals surface area contributed by atoms with Gasteiger partial charge in [-0.1, -0.05) is 0 Å². The van der Waals surface area contributed by atoms with Crippen LogP contribution in [0.4, 0.5) is 0 Å². The molecule has 0 aromatic heterocycles. The van der Waals surface area contributed by atoms with E-state index in [0.717, 1.165) is 0 Å². The van der Waals surface area contributed by atoms with Crippen LogP contribution in [-0.2, 0) is 19.4 Å². The summed E-state index contributed by atoms with van der Waals surface area (Å²) in [6.45, 7) is 3.94. The molecule has 0 radical (unpaired) electrons. The second-order valence-corrected chi connectivity index (χ2v) is 7.20. The van der Waals surface area contributed by atoms with E-state index in [0.29, 0.717) is 6.54 Å². The second-order valence-electron chi connectivity index (χ2n) is 4.97. The van der Waals surface area contributed by atoms with Crippen molar-refractivity contribution in [1.82, 2.24) is 16.0 Å². The average Bonchev–Trinajstić information content (AvgIpc) is 2.24. The van der Waals surface area contributed by atoms with Crippen molar-refractivity contribution in [2.75, 3.05) is 24.6 Å². The summed E-state index contributed by atoms with van der Waals surface area (Å²) >= 11 is 0. The number of sulfone groups is 1. The van der Waals surface area contributed by atoms with Crippen molar-refractivity contribution in [2.45, 2.75) is 32.4 Å². The lowest BCUT2D eigenvalue weighted by Crippen LogP contribution is -2.48. The van der Waals surface area contributed by atoms with Crippen molar-refractivity contribution < 1.29 is 18.0 Å². The van der Waals surface area contributed by atoms with E-state index in [2.05, 4.69) is 16.0 Å². The molecule has 0 aromatic carbocycles. The molecule has 1 aliphatic heterocycles. The summed E-state index contributed by atoms with van der Waals surface area (Å²) in [6, 6.07) is -0.346. The van der Waals surface area contributed by atoms with Crippen molar-refractivity contribution >= 4 is 21.7 Å². The summed E-state index contributed by atoms with van der Waals surface area (Å²) < 4.78 is 22.8. The maximum Gasteiger partial charge on any atom is 0.239 e. The van der Waals surface area contributed by atoms with E-state index >= 15 is 0 Å². The number of nitrogens with one attached hydrogen (secondary N) is 3. The molecule has 0 aliphatic carbocycles. The van der Waals surface area contributed by atoms with Crippen LogP contribution in [0.3, 0.4) is 0 Å². The highest BCUT2D eigenvalue weighted by molar-refractivity contribution is 7.91. The van der Waals surface area contributed by atoms with Gasteiger partial charge in [-0.15, -0.1) is 0 Å². The molecule has 1 unspecified atom stereocenters. The van der Waals surface area contributed by atoms with Gasteiger partial charge in [0.05, 0.1) is 18.1 Å². The zero-order valence-electron chi connectivity index (χ0n) is 11.2. The molecule has 3 N–H and O–H groups in total. The maximum atomic E-state index is 11.6. The first-order chi connectivity index (χ1) is 8.78. The predicted octanol–water partition coefficient (Wildman–Crippen LogP) is -1.60. The van der Waals surface area contributed by atoms with Crippen LogP contribution in [0.15, 0.2) is 0 Å². The largest absolute Gasteiger partial charge is 0.352 e. The first kappa shape index (κ1) is 15.9. The van der Waals surface area contributed by atoms with Crippen molar-refractivity contribution in [2.24, 2.45) is 0 Å². The third-order valence-corrected chi connectivity index (χ3v) is 4.37. The van der Waals surface area contributed by atoms with E-state index in [9.17, 15) is 18.0 Å². The number of amides is 2. The Balaban J connectivity index is 2.29. The highest BCUT2D eigenvalue weighted by Crippen LogP contribution is 2.04. The van der Waals surface area contributed by atoms with Crippen LogP contribution in [0.2, 0.25) is 0 Å². The van der Waals surface area contributed by atoms with Crippen LogP contribution >= 0.6 is 0 Å². The molecule has 1 fully saturated rings. The molecule has 110 valence electrons. The fraction of sp³-hybridized carbons (Fsp3) is 0.818. The van der Waals surface area contributed by atoms with Crippen molar-refractivity contribution in [3.8, 4) is 0 Å². The van der Waals surface area contributed by atoms with Crippen molar-refractivity contribution in [3.05, 3.63) is 0 Å². The minimum atomic E-state index is -3.05. The summed E-state index contributed by atoms with van der Waals surface area (Å²) in [4.78, 5) is 22.9. The molecule has 1 saturated heterocycles. The molecule has 0 aromatic rings. The van der Waals surface area contributed by atoms with Crippen LogP contribution in [0.25, 0.3) is 0 Å². The van der Waals surface area contributed by atoms with Gasteiger partial charge >= 0.3 is 0 Å². The molecule has 8 heteroatoms. The Kier molecular flexibility index (Phi) is 5.74. The summed E-state index contributed by atoms with van der Waals surface area (Å²) in [6.07, 6.45) is 0.0637. The molecule has 0 spiro atoms. The van der Waals surface area contributed by atoms with Crippen LogP contribution in [0, 0.1) is 0 Å². The zero-order valence-corrected chi connectivity index (χ0v) is 12.0. The van der Waals surface area contributed by atoms with Gasteiger partial charge in [-0.2, -0.15) is 0 Å². The molecule has 0 saturated carbocycles. The Hall–Kier alpha value is -1.15. The summed E-state index contributed by atoms with van der Waals surface area (Å²) in [5.41, 5.74) is 0.